The van der Waals surface area contributed by atoms with Gasteiger partial charge in [0, 0.05) is 0 Å². The minimum Gasteiger partial charge on any atom is -0.508 e. The van der Waals surface area contributed by atoms with Gasteiger partial charge in [-0.2, -0.15) is 0 Å². The van der Waals surface area contributed by atoms with E-state index >= 15 is 0 Å². The van der Waals surface area contributed by atoms with Gasteiger partial charge in [0.05, 0.1) is 0 Å². The van der Waals surface area contributed by atoms with Gasteiger partial charge in [-0.1, -0.05) is 6.07 Å². The highest BCUT2D eigenvalue weighted by Crippen LogP contribution is 2.31. The molecule has 4 heteroatoms. The van der Waals surface area contributed by atoms with E-state index < -0.39 is 5.97 Å². The van der Waals surface area contributed by atoms with E-state index in [0.29, 0.717) is 11.5 Å². The van der Waals surface area contributed by atoms with E-state index in [2.05, 4.69) is 0 Å². The van der Waals surface area contributed by atoms with Crippen LogP contribution in [-0.2, 0) is 0 Å². The maximum Gasteiger partial charge on any atom is 0.339 e. The topological polar surface area (TPSA) is 66.8 Å². The van der Waals surface area contributed by atoms with Crippen LogP contribution in [-0.4, -0.2) is 16.2 Å². The maximum absolute atomic E-state index is 11.2. The molecule has 0 radical (unpaired) electrons. The van der Waals surface area contributed by atoms with Crippen LogP contribution in [0.5, 0.6) is 17.2 Å². The fourth-order valence-corrected chi connectivity index (χ4v) is 1.72. The molecule has 0 saturated carbocycles. The Bertz CT molecular complexity index is 615. The van der Waals surface area contributed by atoms with Gasteiger partial charge < -0.3 is 14.9 Å². The molecule has 0 aliphatic rings. The van der Waals surface area contributed by atoms with Gasteiger partial charge in [0.15, 0.2) is 0 Å². The molecule has 0 heterocycles. The molecular weight excluding hydrogens is 244 g/mol. The number of phenols is 1. The Morgan fingerprint density at radius 2 is 1.68 bits per heavy atom. The Balaban J connectivity index is 2.46. The van der Waals surface area contributed by atoms with E-state index in [1.165, 1.54) is 18.2 Å². The summed E-state index contributed by atoms with van der Waals surface area (Å²) in [5, 5.41) is 18.4. The fraction of sp³-hybridized carbons (Fsp3) is 0.133. The smallest absolute Gasteiger partial charge is 0.339 e. The standard InChI is InChI=1S/C15H14O4/c1-9-3-8-13(15(17)18)14(10(9)2)19-12-6-4-11(16)5-7-12/h3-8,16H,1-2H3,(H,17,18). The maximum atomic E-state index is 11.2. The number of benzene rings is 2. The Morgan fingerprint density at radius 3 is 2.26 bits per heavy atom. The summed E-state index contributed by atoms with van der Waals surface area (Å²) in [6, 6.07) is 9.43. The van der Waals surface area contributed by atoms with Crippen LogP contribution in [0.2, 0.25) is 0 Å². The van der Waals surface area contributed by atoms with Gasteiger partial charge in [-0.3, -0.25) is 0 Å². The molecule has 0 saturated heterocycles. The summed E-state index contributed by atoms with van der Waals surface area (Å²) in [5.74, 6) is -0.0872. The molecular formula is C15H14O4. The van der Waals surface area contributed by atoms with Gasteiger partial charge in [-0.05, 0) is 55.3 Å². The van der Waals surface area contributed by atoms with Gasteiger partial charge in [-0.15, -0.1) is 0 Å². The summed E-state index contributed by atoms with van der Waals surface area (Å²) in [5.41, 5.74) is 1.86. The van der Waals surface area contributed by atoms with E-state index in [4.69, 9.17) is 4.74 Å². The second kappa shape index (κ2) is 5.02. The Kier molecular flexibility index (Phi) is 3.42. The molecule has 0 aliphatic carbocycles. The number of aryl methyl sites for hydroxylation is 1. The van der Waals surface area contributed by atoms with Crippen LogP contribution in [0.25, 0.3) is 0 Å². The van der Waals surface area contributed by atoms with Gasteiger partial charge in [0.25, 0.3) is 0 Å². The quantitative estimate of drug-likeness (QED) is 0.884. The van der Waals surface area contributed by atoms with Crippen LogP contribution in [0.3, 0.4) is 0 Å². The average molecular weight is 258 g/mol. The molecule has 4 nitrogen and oxygen atoms in total. The number of aromatic carboxylic acids is 1. The van der Waals surface area contributed by atoms with Gasteiger partial charge in [0.1, 0.15) is 22.8 Å². The molecule has 2 aromatic rings. The van der Waals surface area contributed by atoms with E-state index in [-0.39, 0.29) is 11.3 Å². The van der Waals surface area contributed by atoms with Crippen molar-refractivity contribution in [1.82, 2.24) is 0 Å². The summed E-state index contributed by atoms with van der Waals surface area (Å²) in [4.78, 5) is 11.2. The lowest BCUT2D eigenvalue weighted by atomic mass is 10.0. The molecule has 2 N–H and O–H groups in total. The number of ether oxygens (including phenoxy) is 1. The number of carboxylic acids is 1. The molecule has 2 rings (SSSR count). The lowest BCUT2D eigenvalue weighted by molar-refractivity contribution is 0.0694. The van der Waals surface area contributed by atoms with Crippen molar-refractivity contribution in [3.05, 3.63) is 53.1 Å². The highest BCUT2D eigenvalue weighted by molar-refractivity contribution is 5.91. The van der Waals surface area contributed by atoms with Gasteiger partial charge in [-0.25, -0.2) is 4.79 Å². The zero-order chi connectivity index (χ0) is 14.0. The zero-order valence-electron chi connectivity index (χ0n) is 10.7. The Morgan fingerprint density at radius 1 is 1.05 bits per heavy atom. The number of aromatic hydroxyl groups is 1. The normalized spacial score (nSPS) is 10.2. The Hall–Kier alpha value is -2.49. The van der Waals surface area contributed by atoms with Gasteiger partial charge in [0.2, 0.25) is 0 Å². The SMILES string of the molecule is Cc1ccc(C(=O)O)c(Oc2ccc(O)cc2)c1C. The number of hydrogen-bond acceptors (Lipinski definition) is 3. The molecule has 0 spiro atoms. The number of hydrogen-bond donors (Lipinski definition) is 2. The molecule has 0 unspecified atom stereocenters. The predicted molar refractivity (Wildman–Crippen MR) is 71.1 cm³/mol. The van der Waals surface area contributed by atoms with Crippen LogP contribution in [0.1, 0.15) is 21.5 Å². The predicted octanol–water partition coefficient (Wildman–Crippen LogP) is 3.50. The van der Waals surface area contributed by atoms with E-state index in [0.717, 1.165) is 11.1 Å². The van der Waals surface area contributed by atoms with E-state index in [9.17, 15) is 15.0 Å². The highest BCUT2D eigenvalue weighted by atomic mass is 16.5. The monoisotopic (exact) mass is 258 g/mol. The fourth-order valence-electron chi connectivity index (χ4n) is 1.72. The first-order chi connectivity index (χ1) is 8.99. The summed E-state index contributed by atoms with van der Waals surface area (Å²) < 4.78 is 5.65. The lowest BCUT2D eigenvalue weighted by Gasteiger charge is -2.13. The average Bonchev–Trinajstić information content (AvgIpc) is 2.37. The third kappa shape index (κ3) is 2.68. The lowest BCUT2D eigenvalue weighted by Crippen LogP contribution is -2.02. The minimum atomic E-state index is -1.03. The van der Waals surface area contributed by atoms with E-state index in [1.807, 2.05) is 13.8 Å². The van der Waals surface area contributed by atoms with Crippen molar-refractivity contribution >= 4 is 5.97 Å². The first kappa shape index (κ1) is 13.0. The summed E-state index contributed by atoms with van der Waals surface area (Å²) in [6.07, 6.45) is 0. The van der Waals surface area contributed by atoms with Crippen molar-refractivity contribution in [3.63, 3.8) is 0 Å². The Labute approximate surface area is 110 Å². The summed E-state index contributed by atoms with van der Waals surface area (Å²) in [7, 11) is 0. The summed E-state index contributed by atoms with van der Waals surface area (Å²) >= 11 is 0. The van der Waals surface area contributed by atoms with Crippen molar-refractivity contribution in [2.45, 2.75) is 13.8 Å². The number of phenolic OH excluding ortho intramolecular Hbond substituents is 1. The third-order valence-electron chi connectivity index (χ3n) is 2.96. The molecule has 0 aliphatic heterocycles. The molecule has 0 bridgehead atoms. The van der Waals surface area contributed by atoms with Crippen molar-refractivity contribution in [2.24, 2.45) is 0 Å². The number of carboxylic acid groups (broad SMARTS) is 1. The van der Waals surface area contributed by atoms with Crippen LogP contribution in [0.4, 0.5) is 0 Å². The van der Waals surface area contributed by atoms with Gasteiger partial charge >= 0.3 is 5.97 Å². The van der Waals surface area contributed by atoms with Crippen LogP contribution < -0.4 is 4.74 Å². The van der Waals surface area contributed by atoms with Crippen LogP contribution in [0.15, 0.2) is 36.4 Å². The second-order valence-corrected chi connectivity index (χ2v) is 4.29. The molecule has 0 amide bonds. The third-order valence-corrected chi connectivity index (χ3v) is 2.96. The number of rotatable bonds is 3. The largest absolute Gasteiger partial charge is 0.508 e. The van der Waals surface area contributed by atoms with Crippen LogP contribution in [0, 0.1) is 13.8 Å². The second-order valence-electron chi connectivity index (χ2n) is 4.29. The molecule has 0 aromatic heterocycles. The molecule has 2 aromatic carbocycles. The summed E-state index contributed by atoms with van der Waals surface area (Å²) in [6.45, 7) is 3.71. The zero-order valence-corrected chi connectivity index (χ0v) is 10.7. The first-order valence-electron chi connectivity index (χ1n) is 5.79. The number of carbonyl (C=O) groups is 1. The molecule has 0 fully saturated rings. The van der Waals surface area contributed by atoms with Crippen molar-refractivity contribution in [3.8, 4) is 17.2 Å². The van der Waals surface area contributed by atoms with E-state index in [1.54, 1.807) is 18.2 Å². The first-order valence-corrected chi connectivity index (χ1v) is 5.79. The molecule has 0 atom stereocenters. The highest BCUT2D eigenvalue weighted by Gasteiger charge is 2.16. The molecule has 19 heavy (non-hydrogen) atoms. The van der Waals surface area contributed by atoms with Crippen molar-refractivity contribution in [2.75, 3.05) is 0 Å². The molecule has 98 valence electrons. The minimum absolute atomic E-state index is 0.121. The van der Waals surface area contributed by atoms with Crippen LogP contribution >= 0.6 is 0 Å². The van der Waals surface area contributed by atoms with Crippen molar-refractivity contribution in [1.29, 1.82) is 0 Å². The van der Waals surface area contributed by atoms with Crippen molar-refractivity contribution < 1.29 is 19.7 Å².